The molecule has 0 saturated heterocycles. The zero-order valence-corrected chi connectivity index (χ0v) is 14.4. The molecule has 0 fully saturated rings. The molecule has 1 heterocycles. The van der Waals surface area contributed by atoms with Crippen LogP contribution in [0.25, 0.3) is 0 Å². The van der Waals surface area contributed by atoms with Gasteiger partial charge in [0.2, 0.25) is 10.0 Å². The number of aromatic nitrogens is 2. The van der Waals surface area contributed by atoms with E-state index >= 15 is 0 Å². The summed E-state index contributed by atoms with van der Waals surface area (Å²) in [6, 6.07) is 4.52. The van der Waals surface area contributed by atoms with Crippen LogP contribution in [0.4, 0.5) is 5.69 Å². The minimum Gasteiger partial charge on any atom is -0.398 e. The van der Waals surface area contributed by atoms with E-state index in [1.807, 2.05) is 20.9 Å². The van der Waals surface area contributed by atoms with E-state index in [0.717, 1.165) is 17.0 Å². The van der Waals surface area contributed by atoms with Crippen LogP contribution in [0.5, 0.6) is 0 Å². The third kappa shape index (κ3) is 3.28. The first-order valence-electron chi connectivity index (χ1n) is 6.26. The molecular weight excluding hydrogens is 356 g/mol. The summed E-state index contributed by atoms with van der Waals surface area (Å²) in [6.07, 6.45) is 0. The third-order valence-corrected chi connectivity index (χ3v) is 5.47. The summed E-state index contributed by atoms with van der Waals surface area (Å²) in [7, 11) is -1.76. The van der Waals surface area contributed by atoms with Crippen LogP contribution >= 0.6 is 15.9 Å². The molecule has 21 heavy (non-hydrogen) atoms. The summed E-state index contributed by atoms with van der Waals surface area (Å²) in [6.45, 7) is 3.97. The van der Waals surface area contributed by atoms with Crippen molar-refractivity contribution in [2.45, 2.75) is 25.3 Å². The van der Waals surface area contributed by atoms with Crippen LogP contribution in [-0.4, -0.2) is 18.2 Å². The van der Waals surface area contributed by atoms with Crippen LogP contribution in [0.2, 0.25) is 0 Å². The molecule has 1 aromatic heterocycles. The van der Waals surface area contributed by atoms with Crippen molar-refractivity contribution in [2.75, 3.05) is 5.73 Å². The van der Waals surface area contributed by atoms with Gasteiger partial charge in [-0.1, -0.05) is 0 Å². The predicted molar refractivity (Wildman–Crippen MR) is 85.3 cm³/mol. The highest BCUT2D eigenvalue weighted by Gasteiger charge is 2.17. The molecule has 0 amide bonds. The molecule has 0 atom stereocenters. The Labute approximate surface area is 132 Å². The normalized spacial score (nSPS) is 11.8. The Bertz CT molecular complexity index is 784. The number of aryl methyl sites for hydroxylation is 2. The monoisotopic (exact) mass is 372 g/mol. The number of nitrogens with zero attached hydrogens (tertiary/aromatic N) is 2. The summed E-state index contributed by atoms with van der Waals surface area (Å²) in [5.41, 5.74) is 8.80. The SMILES string of the molecule is Cc1nn(C)c(C)c1CNS(=O)(=O)c1ccc(N)c(Br)c1. The molecule has 0 aliphatic heterocycles. The quantitative estimate of drug-likeness (QED) is 0.801. The number of nitrogens with two attached hydrogens (primary N) is 1. The van der Waals surface area contributed by atoms with Crippen LogP contribution in [0.1, 0.15) is 17.0 Å². The number of nitrogen functional groups attached to an aromatic ring is 1. The summed E-state index contributed by atoms with van der Waals surface area (Å²) in [5, 5.41) is 4.27. The minimum absolute atomic E-state index is 0.169. The number of halogens is 1. The van der Waals surface area contributed by atoms with E-state index in [1.54, 1.807) is 10.7 Å². The van der Waals surface area contributed by atoms with Crippen molar-refractivity contribution in [1.29, 1.82) is 0 Å². The van der Waals surface area contributed by atoms with Crippen LogP contribution in [-0.2, 0) is 23.6 Å². The van der Waals surface area contributed by atoms with Crippen molar-refractivity contribution in [2.24, 2.45) is 7.05 Å². The first-order valence-corrected chi connectivity index (χ1v) is 8.53. The molecule has 3 N–H and O–H groups in total. The Morgan fingerprint density at radius 1 is 1.38 bits per heavy atom. The van der Waals surface area contributed by atoms with E-state index in [2.05, 4.69) is 25.8 Å². The van der Waals surface area contributed by atoms with Gasteiger partial charge in [-0.15, -0.1) is 0 Å². The van der Waals surface area contributed by atoms with E-state index in [1.165, 1.54) is 12.1 Å². The fourth-order valence-electron chi connectivity index (χ4n) is 2.00. The van der Waals surface area contributed by atoms with Gasteiger partial charge in [-0.3, -0.25) is 4.68 Å². The van der Waals surface area contributed by atoms with E-state index in [-0.39, 0.29) is 11.4 Å². The molecule has 0 radical (unpaired) electrons. The number of sulfonamides is 1. The summed E-state index contributed by atoms with van der Waals surface area (Å²) >= 11 is 3.23. The first-order chi connectivity index (χ1) is 9.72. The van der Waals surface area contributed by atoms with E-state index in [4.69, 9.17) is 5.73 Å². The summed E-state index contributed by atoms with van der Waals surface area (Å²) in [4.78, 5) is 0.169. The van der Waals surface area contributed by atoms with Crippen molar-refractivity contribution in [3.63, 3.8) is 0 Å². The van der Waals surface area contributed by atoms with Crippen LogP contribution in [0.3, 0.4) is 0 Å². The van der Waals surface area contributed by atoms with Gasteiger partial charge in [0.25, 0.3) is 0 Å². The first kappa shape index (κ1) is 16.0. The molecule has 2 aromatic rings. The average Bonchev–Trinajstić information content (AvgIpc) is 2.64. The Morgan fingerprint density at radius 2 is 2.05 bits per heavy atom. The zero-order valence-electron chi connectivity index (χ0n) is 12.0. The van der Waals surface area contributed by atoms with Gasteiger partial charge in [-0.05, 0) is 48.0 Å². The lowest BCUT2D eigenvalue weighted by atomic mass is 10.2. The molecule has 0 spiro atoms. The van der Waals surface area contributed by atoms with Gasteiger partial charge in [0.05, 0.1) is 10.6 Å². The second-order valence-corrected chi connectivity index (χ2v) is 7.40. The summed E-state index contributed by atoms with van der Waals surface area (Å²) in [5.74, 6) is 0. The fraction of sp³-hybridized carbons (Fsp3) is 0.308. The number of hydrogen-bond acceptors (Lipinski definition) is 4. The van der Waals surface area contributed by atoms with Crippen LogP contribution < -0.4 is 10.5 Å². The van der Waals surface area contributed by atoms with Crippen LogP contribution in [0.15, 0.2) is 27.6 Å². The standard InChI is InChI=1S/C13H17BrN4O2S/c1-8-11(9(2)18(3)17-8)7-16-21(19,20)10-4-5-13(15)12(14)6-10/h4-6,16H,7,15H2,1-3H3. The molecule has 0 aliphatic carbocycles. The lowest BCUT2D eigenvalue weighted by molar-refractivity contribution is 0.581. The molecule has 1 aromatic carbocycles. The van der Waals surface area contributed by atoms with E-state index in [9.17, 15) is 8.42 Å². The Balaban J connectivity index is 2.23. The predicted octanol–water partition coefficient (Wildman–Crippen LogP) is 1.86. The molecule has 6 nitrogen and oxygen atoms in total. The highest BCUT2D eigenvalue weighted by atomic mass is 79.9. The van der Waals surface area contributed by atoms with E-state index in [0.29, 0.717) is 10.2 Å². The Kier molecular flexibility index (Phi) is 4.40. The lowest BCUT2D eigenvalue weighted by Gasteiger charge is -2.08. The molecule has 8 heteroatoms. The molecule has 0 bridgehead atoms. The number of nitrogens with one attached hydrogen (secondary N) is 1. The smallest absolute Gasteiger partial charge is 0.240 e. The van der Waals surface area contributed by atoms with Crippen molar-refractivity contribution < 1.29 is 8.42 Å². The molecule has 0 aliphatic rings. The molecule has 0 unspecified atom stereocenters. The van der Waals surface area contributed by atoms with Gasteiger partial charge < -0.3 is 5.73 Å². The number of rotatable bonds is 4. The summed E-state index contributed by atoms with van der Waals surface area (Å²) < 4.78 is 29.5. The highest BCUT2D eigenvalue weighted by Crippen LogP contribution is 2.23. The largest absolute Gasteiger partial charge is 0.398 e. The number of hydrogen-bond donors (Lipinski definition) is 2. The van der Waals surface area contributed by atoms with Gasteiger partial charge in [0.1, 0.15) is 0 Å². The Hall–Kier alpha value is -1.38. The lowest BCUT2D eigenvalue weighted by Crippen LogP contribution is -2.24. The van der Waals surface area contributed by atoms with Crippen molar-refractivity contribution in [3.05, 3.63) is 39.6 Å². The maximum absolute atomic E-state index is 12.3. The van der Waals surface area contributed by atoms with Gasteiger partial charge in [-0.25, -0.2) is 13.1 Å². The maximum atomic E-state index is 12.3. The molecule has 2 rings (SSSR count). The highest BCUT2D eigenvalue weighted by molar-refractivity contribution is 9.10. The van der Waals surface area contributed by atoms with Gasteiger partial charge in [0, 0.05) is 35.0 Å². The Morgan fingerprint density at radius 3 is 2.57 bits per heavy atom. The van der Waals surface area contributed by atoms with Gasteiger partial charge in [0.15, 0.2) is 0 Å². The minimum atomic E-state index is -3.59. The van der Waals surface area contributed by atoms with E-state index < -0.39 is 10.0 Å². The van der Waals surface area contributed by atoms with Crippen molar-refractivity contribution >= 4 is 31.6 Å². The topological polar surface area (TPSA) is 90.0 Å². The second-order valence-electron chi connectivity index (χ2n) is 4.78. The maximum Gasteiger partial charge on any atom is 0.240 e. The molecular formula is C13H17BrN4O2S. The number of anilines is 1. The third-order valence-electron chi connectivity index (χ3n) is 3.38. The van der Waals surface area contributed by atoms with Crippen molar-refractivity contribution in [1.82, 2.24) is 14.5 Å². The van der Waals surface area contributed by atoms with Crippen molar-refractivity contribution in [3.8, 4) is 0 Å². The number of benzene rings is 1. The second kappa shape index (κ2) is 5.78. The van der Waals surface area contributed by atoms with Gasteiger partial charge >= 0.3 is 0 Å². The van der Waals surface area contributed by atoms with Crippen LogP contribution in [0, 0.1) is 13.8 Å². The fourth-order valence-corrected chi connectivity index (χ4v) is 3.55. The van der Waals surface area contributed by atoms with Gasteiger partial charge in [-0.2, -0.15) is 5.10 Å². The average molecular weight is 373 g/mol. The molecule has 0 saturated carbocycles. The zero-order chi connectivity index (χ0) is 15.8. The molecule has 114 valence electrons.